The molecule has 2 atom stereocenters. The second kappa shape index (κ2) is 10.1. The Labute approximate surface area is 247 Å². The number of amides is 3. The summed E-state index contributed by atoms with van der Waals surface area (Å²) < 4.78 is 0. The van der Waals surface area contributed by atoms with Gasteiger partial charge in [-0.05, 0) is 46.4 Å². The normalized spacial score (nSPS) is 23.2. The molecule has 9 nitrogen and oxygen atoms in total. The van der Waals surface area contributed by atoms with E-state index in [-0.39, 0.29) is 35.5 Å². The van der Waals surface area contributed by atoms with Gasteiger partial charge in [-0.1, -0.05) is 78.9 Å². The number of carbonyl (C=O) groups is 3. The van der Waals surface area contributed by atoms with E-state index >= 15 is 0 Å². The van der Waals surface area contributed by atoms with Crippen LogP contribution in [-0.2, 0) is 26.2 Å². The van der Waals surface area contributed by atoms with Crippen molar-refractivity contribution < 1.29 is 19.3 Å². The third kappa shape index (κ3) is 3.99. The van der Waals surface area contributed by atoms with Gasteiger partial charge in [-0.3, -0.25) is 24.5 Å². The summed E-state index contributed by atoms with van der Waals surface area (Å²) in [5.41, 5.74) is 6.35. The van der Waals surface area contributed by atoms with E-state index < -0.39 is 28.1 Å². The number of rotatable bonds is 7. The van der Waals surface area contributed by atoms with Crippen LogP contribution in [-0.4, -0.2) is 28.9 Å². The average molecular weight is 571 g/mol. The minimum Gasteiger partial charge on any atom is -0.274 e. The highest BCUT2D eigenvalue weighted by Gasteiger charge is 2.68. The molecule has 0 saturated carbocycles. The molecule has 3 aliphatic carbocycles. The number of nitrogens with zero attached hydrogens (tertiary/aromatic N) is 3. The first-order valence-electron chi connectivity index (χ1n) is 14.1. The fourth-order valence-electron chi connectivity index (χ4n) is 7.19. The van der Waals surface area contributed by atoms with Crippen LogP contribution in [0.3, 0.4) is 0 Å². The van der Waals surface area contributed by atoms with Crippen molar-refractivity contribution in [3.8, 4) is 0 Å². The van der Waals surface area contributed by atoms with Crippen molar-refractivity contribution >= 4 is 35.3 Å². The highest BCUT2D eigenvalue weighted by Crippen LogP contribution is 2.63. The van der Waals surface area contributed by atoms with E-state index in [1.165, 1.54) is 24.3 Å². The molecule has 43 heavy (non-hydrogen) atoms. The number of benzene rings is 4. The Balaban J connectivity index is 1.30. The summed E-state index contributed by atoms with van der Waals surface area (Å²) in [5, 5.41) is 15.7. The predicted molar refractivity (Wildman–Crippen MR) is 159 cm³/mol. The van der Waals surface area contributed by atoms with E-state index in [1.807, 2.05) is 78.9 Å². The molecule has 2 bridgehead atoms. The first kappa shape index (κ1) is 26.5. The summed E-state index contributed by atoms with van der Waals surface area (Å²) in [5.74, 6) is -2.92. The molecule has 4 aromatic carbocycles. The van der Waals surface area contributed by atoms with Gasteiger partial charge in [0.2, 0.25) is 17.7 Å². The number of non-ortho nitro benzene ring substituents is 1. The smallest absolute Gasteiger partial charge is 0.269 e. The molecule has 1 N–H and O–H groups in total. The molecule has 8 rings (SSSR count). The maximum atomic E-state index is 14.4. The molecule has 4 aromatic rings. The molecule has 9 heteroatoms. The number of anilines is 1. The molecule has 0 aromatic heterocycles. The van der Waals surface area contributed by atoms with E-state index in [4.69, 9.17) is 0 Å². The van der Waals surface area contributed by atoms with E-state index in [0.717, 1.165) is 32.7 Å². The fourth-order valence-corrected chi connectivity index (χ4v) is 7.19. The Morgan fingerprint density at radius 2 is 1.47 bits per heavy atom. The van der Waals surface area contributed by atoms with Crippen LogP contribution in [0.5, 0.6) is 0 Å². The molecular formula is C34H26N4O5. The zero-order valence-electron chi connectivity index (χ0n) is 22.9. The SMILES string of the molecule is O=C(CCc1ccccc1)N/N=C/C12c3ccccc3C(c3ccccc31)C1C(=O)N(c3ccc([N+](=O)[O-])cc3)C(=O)C12. The monoisotopic (exact) mass is 570 g/mol. The summed E-state index contributed by atoms with van der Waals surface area (Å²) in [4.78, 5) is 53.2. The second-order valence-corrected chi connectivity index (χ2v) is 11.1. The van der Waals surface area contributed by atoms with Gasteiger partial charge in [0.05, 0.1) is 27.9 Å². The first-order chi connectivity index (χ1) is 20.9. The van der Waals surface area contributed by atoms with Crippen LogP contribution in [0, 0.1) is 22.0 Å². The van der Waals surface area contributed by atoms with Crippen LogP contribution in [0.2, 0.25) is 0 Å². The van der Waals surface area contributed by atoms with Crippen molar-refractivity contribution in [2.24, 2.45) is 16.9 Å². The maximum Gasteiger partial charge on any atom is 0.269 e. The van der Waals surface area contributed by atoms with Crippen molar-refractivity contribution in [3.63, 3.8) is 0 Å². The number of hydrazone groups is 1. The number of carbonyl (C=O) groups excluding carboxylic acids is 3. The van der Waals surface area contributed by atoms with Crippen LogP contribution in [0.4, 0.5) is 11.4 Å². The largest absolute Gasteiger partial charge is 0.274 e. The van der Waals surface area contributed by atoms with Gasteiger partial charge in [-0.15, -0.1) is 0 Å². The summed E-state index contributed by atoms with van der Waals surface area (Å²) >= 11 is 0. The summed E-state index contributed by atoms with van der Waals surface area (Å²) in [7, 11) is 0. The van der Waals surface area contributed by atoms with Crippen LogP contribution in [0.25, 0.3) is 0 Å². The molecule has 1 aliphatic heterocycles. The number of hydrogen-bond donors (Lipinski definition) is 1. The topological polar surface area (TPSA) is 122 Å². The van der Waals surface area contributed by atoms with Gasteiger partial charge in [0.1, 0.15) is 0 Å². The van der Waals surface area contributed by atoms with E-state index in [2.05, 4.69) is 10.5 Å². The summed E-state index contributed by atoms with van der Waals surface area (Å²) in [6.07, 6.45) is 2.42. The minimum absolute atomic E-state index is 0.133. The lowest BCUT2D eigenvalue weighted by Crippen LogP contribution is -2.54. The molecule has 3 amide bonds. The Morgan fingerprint density at radius 3 is 2.09 bits per heavy atom. The standard InChI is InChI=1S/C34H26N4O5/c39-28(19-14-21-8-2-1-3-9-21)36-35-20-34-26-12-6-4-10-24(26)29(25-11-5-7-13-27(25)34)30-31(34)33(41)37(32(30)40)22-15-17-23(18-16-22)38(42)43/h1-13,15-18,20,29-31H,14,19H2,(H,36,39)/b35-20+. The highest BCUT2D eigenvalue weighted by atomic mass is 16.6. The van der Waals surface area contributed by atoms with Gasteiger partial charge in [0, 0.05) is 30.7 Å². The minimum atomic E-state index is -1.12. The molecule has 2 unspecified atom stereocenters. The summed E-state index contributed by atoms with van der Waals surface area (Å²) in [6.45, 7) is 0. The molecule has 1 heterocycles. The van der Waals surface area contributed by atoms with Gasteiger partial charge in [-0.25, -0.2) is 10.3 Å². The van der Waals surface area contributed by atoms with Gasteiger partial charge in [0.15, 0.2) is 0 Å². The molecule has 4 aliphatic rings. The van der Waals surface area contributed by atoms with Gasteiger partial charge >= 0.3 is 0 Å². The van der Waals surface area contributed by atoms with E-state index in [1.54, 1.807) is 6.21 Å². The number of nitro groups is 1. The molecule has 0 radical (unpaired) electrons. The average Bonchev–Trinajstić information content (AvgIpc) is 3.31. The van der Waals surface area contributed by atoms with Gasteiger partial charge < -0.3 is 0 Å². The van der Waals surface area contributed by atoms with Crippen LogP contribution < -0.4 is 10.3 Å². The summed E-state index contributed by atoms with van der Waals surface area (Å²) in [6, 6.07) is 30.7. The zero-order chi connectivity index (χ0) is 29.7. The Hall–Kier alpha value is -5.44. The zero-order valence-corrected chi connectivity index (χ0v) is 22.9. The Bertz CT molecular complexity index is 1770. The molecule has 212 valence electrons. The number of imide groups is 1. The van der Waals surface area contributed by atoms with Gasteiger partial charge in [0.25, 0.3) is 5.69 Å². The van der Waals surface area contributed by atoms with Gasteiger partial charge in [-0.2, -0.15) is 5.10 Å². The predicted octanol–water partition coefficient (Wildman–Crippen LogP) is 4.88. The third-order valence-corrected chi connectivity index (χ3v) is 8.94. The first-order valence-corrected chi connectivity index (χ1v) is 14.1. The fraction of sp³-hybridized carbons (Fsp3) is 0.176. The lowest BCUT2D eigenvalue weighted by molar-refractivity contribution is -0.384. The molecular weight excluding hydrogens is 544 g/mol. The lowest BCUT2D eigenvalue weighted by Gasteiger charge is -2.52. The quantitative estimate of drug-likeness (QED) is 0.147. The number of hydrogen-bond acceptors (Lipinski definition) is 6. The molecule has 0 spiro atoms. The lowest BCUT2D eigenvalue weighted by atomic mass is 9.47. The highest BCUT2D eigenvalue weighted by molar-refractivity contribution is 6.25. The maximum absolute atomic E-state index is 14.4. The van der Waals surface area contributed by atoms with Crippen LogP contribution in [0.15, 0.2) is 108 Å². The second-order valence-electron chi connectivity index (χ2n) is 11.1. The Morgan fingerprint density at radius 1 is 0.860 bits per heavy atom. The van der Waals surface area contributed by atoms with Crippen LogP contribution in [0.1, 0.15) is 40.2 Å². The molecule has 1 fully saturated rings. The number of nitrogens with one attached hydrogen (secondary N) is 1. The van der Waals surface area contributed by atoms with Crippen molar-refractivity contribution in [2.45, 2.75) is 24.2 Å². The van der Waals surface area contributed by atoms with E-state index in [0.29, 0.717) is 6.42 Å². The third-order valence-electron chi connectivity index (χ3n) is 8.94. The number of aryl methyl sites for hydroxylation is 1. The van der Waals surface area contributed by atoms with Crippen LogP contribution >= 0.6 is 0 Å². The Kier molecular flexibility index (Phi) is 6.23. The van der Waals surface area contributed by atoms with Crippen molar-refractivity contribution in [3.05, 3.63) is 141 Å². The molecule has 1 saturated heterocycles. The van der Waals surface area contributed by atoms with Crippen molar-refractivity contribution in [1.82, 2.24) is 5.43 Å². The van der Waals surface area contributed by atoms with Crippen molar-refractivity contribution in [1.29, 1.82) is 0 Å². The number of nitro benzene ring substituents is 1. The van der Waals surface area contributed by atoms with Crippen molar-refractivity contribution in [2.75, 3.05) is 4.90 Å². The van der Waals surface area contributed by atoms with E-state index in [9.17, 15) is 24.5 Å².